The summed E-state index contributed by atoms with van der Waals surface area (Å²) in [4.78, 5) is 15.7. The van der Waals surface area contributed by atoms with Gasteiger partial charge >= 0.3 is 0 Å². The molecule has 0 aliphatic heterocycles. The lowest BCUT2D eigenvalue weighted by Gasteiger charge is -2.32. The van der Waals surface area contributed by atoms with E-state index in [-0.39, 0.29) is 0 Å². The third kappa shape index (κ3) is 3.09. The van der Waals surface area contributed by atoms with Crippen LogP contribution in [0.1, 0.15) is 35.7 Å². The molecule has 0 fully saturated rings. The van der Waals surface area contributed by atoms with Gasteiger partial charge in [-0.1, -0.05) is 24.3 Å². The molecule has 0 unspecified atom stereocenters. The number of nitrogens with zero attached hydrogens (tertiary/aromatic N) is 4. The fourth-order valence-electron chi connectivity index (χ4n) is 3.44. The highest BCUT2D eigenvalue weighted by Crippen LogP contribution is 2.34. The molecule has 2 heterocycles. The molecule has 4 rings (SSSR count). The first-order valence-corrected chi connectivity index (χ1v) is 9.19. The summed E-state index contributed by atoms with van der Waals surface area (Å²) in [7, 11) is 2.20. The van der Waals surface area contributed by atoms with Crippen LogP contribution in [0.3, 0.4) is 0 Å². The molecule has 3 aromatic rings. The number of hydrogen-bond donors (Lipinski definition) is 0. The minimum atomic E-state index is 0.480. The summed E-state index contributed by atoms with van der Waals surface area (Å²) in [6.45, 7) is 0.850. The van der Waals surface area contributed by atoms with E-state index in [1.807, 2.05) is 6.07 Å². The van der Waals surface area contributed by atoms with Crippen LogP contribution in [0.15, 0.2) is 48.1 Å². The Morgan fingerprint density at radius 3 is 2.88 bits per heavy atom. The van der Waals surface area contributed by atoms with Gasteiger partial charge in [0.05, 0.1) is 5.69 Å². The SMILES string of the molecule is CN(Cc1csc(-c2ncccn2)n1)[C@H]1CCCc2ccccc21. The summed E-state index contributed by atoms with van der Waals surface area (Å²) in [5.74, 6) is 0.708. The number of fused-ring (bicyclic) bond motifs is 1. The van der Waals surface area contributed by atoms with Crippen LogP contribution in [0.2, 0.25) is 0 Å². The molecule has 1 aromatic carbocycles. The second kappa shape index (κ2) is 6.79. The number of hydrogen-bond acceptors (Lipinski definition) is 5. The molecular weight excluding hydrogens is 316 g/mol. The topological polar surface area (TPSA) is 41.9 Å². The molecule has 0 saturated carbocycles. The zero-order valence-corrected chi connectivity index (χ0v) is 14.5. The molecule has 24 heavy (non-hydrogen) atoms. The van der Waals surface area contributed by atoms with E-state index in [0.29, 0.717) is 11.9 Å². The molecule has 0 amide bonds. The fourth-order valence-corrected chi connectivity index (χ4v) is 4.20. The Morgan fingerprint density at radius 1 is 1.17 bits per heavy atom. The Hall–Kier alpha value is -2.11. The standard InChI is InChI=1S/C19H20N4S/c1-23(17-9-4-7-14-6-2-3-8-16(14)17)12-15-13-24-19(22-15)18-20-10-5-11-21-18/h2-3,5-6,8,10-11,13,17H,4,7,9,12H2,1H3/t17-/m0/s1. The van der Waals surface area contributed by atoms with Gasteiger partial charge in [0.2, 0.25) is 0 Å². The first-order valence-electron chi connectivity index (χ1n) is 8.31. The van der Waals surface area contributed by atoms with Crippen molar-refractivity contribution in [3.05, 3.63) is 64.9 Å². The van der Waals surface area contributed by atoms with E-state index in [4.69, 9.17) is 4.98 Å². The van der Waals surface area contributed by atoms with Gasteiger partial charge in [0.15, 0.2) is 10.8 Å². The Balaban J connectivity index is 1.51. The van der Waals surface area contributed by atoms with Gasteiger partial charge in [0.25, 0.3) is 0 Å². The first-order chi connectivity index (χ1) is 11.8. The van der Waals surface area contributed by atoms with Crippen molar-refractivity contribution < 1.29 is 0 Å². The highest BCUT2D eigenvalue weighted by Gasteiger charge is 2.24. The minimum absolute atomic E-state index is 0.480. The summed E-state index contributed by atoms with van der Waals surface area (Å²) < 4.78 is 0. The quantitative estimate of drug-likeness (QED) is 0.719. The van der Waals surface area contributed by atoms with E-state index < -0.39 is 0 Å². The van der Waals surface area contributed by atoms with Crippen molar-refractivity contribution in [2.45, 2.75) is 31.8 Å². The van der Waals surface area contributed by atoms with E-state index >= 15 is 0 Å². The monoisotopic (exact) mass is 336 g/mol. The number of rotatable bonds is 4. The maximum atomic E-state index is 4.72. The van der Waals surface area contributed by atoms with E-state index in [9.17, 15) is 0 Å². The minimum Gasteiger partial charge on any atom is -0.294 e. The number of aromatic nitrogens is 3. The second-order valence-electron chi connectivity index (χ2n) is 6.24. The summed E-state index contributed by atoms with van der Waals surface area (Å²) in [5.41, 5.74) is 4.07. The predicted octanol–water partition coefficient (Wildman–Crippen LogP) is 4.11. The van der Waals surface area contributed by atoms with Crippen LogP contribution in [0, 0.1) is 0 Å². The molecule has 0 radical (unpaired) electrons. The summed E-state index contributed by atoms with van der Waals surface area (Å²) >= 11 is 1.61. The lowest BCUT2D eigenvalue weighted by Crippen LogP contribution is -2.27. The second-order valence-corrected chi connectivity index (χ2v) is 7.10. The van der Waals surface area contributed by atoms with Gasteiger partial charge < -0.3 is 0 Å². The molecule has 1 atom stereocenters. The van der Waals surface area contributed by atoms with Gasteiger partial charge in [-0.3, -0.25) is 4.90 Å². The molecule has 1 aliphatic carbocycles. The number of thiazole rings is 1. The van der Waals surface area contributed by atoms with Crippen LogP contribution in [0.4, 0.5) is 0 Å². The molecular formula is C19H20N4S. The number of benzene rings is 1. The average molecular weight is 336 g/mol. The van der Waals surface area contributed by atoms with Crippen molar-refractivity contribution in [3.8, 4) is 10.8 Å². The van der Waals surface area contributed by atoms with Crippen molar-refractivity contribution >= 4 is 11.3 Å². The predicted molar refractivity (Wildman–Crippen MR) is 96.7 cm³/mol. The van der Waals surface area contributed by atoms with E-state index in [2.05, 4.69) is 51.6 Å². The fraction of sp³-hybridized carbons (Fsp3) is 0.316. The third-order valence-electron chi connectivity index (χ3n) is 4.59. The maximum absolute atomic E-state index is 4.72. The van der Waals surface area contributed by atoms with Crippen molar-refractivity contribution in [1.82, 2.24) is 19.9 Å². The molecule has 122 valence electrons. The lowest BCUT2D eigenvalue weighted by atomic mass is 9.87. The Bertz CT molecular complexity index is 815. The van der Waals surface area contributed by atoms with Crippen LogP contribution in [0.25, 0.3) is 10.8 Å². The molecule has 0 bridgehead atoms. The van der Waals surface area contributed by atoms with Gasteiger partial charge in [0, 0.05) is 30.4 Å². The van der Waals surface area contributed by atoms with Crippen molar-refractivity contribution in [1.29, 1.82) is 0 Å². The van der Waals surface area contributed by atoms with Gasteiger partial charge in [-0.05, 0) is 43.5 Å². The van der Waals surface area contributed by atoms with Gasteiger partial charge in [-0.25, -0.2) is 15.0 Å². The molecule has 4 nitrogen and oxygen atoms in total. The largest absolute Gasteiger partial charge is 0.294 e. The van der Waals surface area contributed by atoms with Crippen LogP contribution in [-0.4, -0.2) is 26.9 Å². The van der Waals surface area contributed by atoms with E-state index in [0.717, 1.165) is 17.2 Å². The maximum Gasteiger partial charge on any atom is 0.188 e. The normalized spacial score (nSPS) is 17.0. The summed E-state index contributed by atoms with van der Waals surface area (Å²) in [6.07, 6.45) is 7.19. The van der Waals surface area contributed by atoms with Crippen molar-refractivity contribution in [2.24, 2.45) is 0 Å². The van der Waals surface area contributed by atoms with Gasteiger partial charge in [0.1, 0.15) is 0 Å². The van der Waals surface area contributed by atoms with Gasteiger partial charge in [-0.15, -0.1) is 11.3 Å². The van der Waals surface area contributed by atoms with Gasteiger partial charge in [-0.2, -0.15) is 0 Å². The molecule has 0 saturated heterocycles. The molecule has 1 aliphatic rings. The zero-order chi connectivity index (χ0) is 16.4. The Labute approximate surface area is 146 Å². The summed E-state index contributed by atoms with van der Waals surface area (Å²) in [6, 6.07) is 11.1. The smallest absolute Gasteiger partial charge is 0.188 e. The Kier molecular flexibility index (Phi) is 4.36. The van der Waals surface area contributed by atoms with Crippen LogP contribution in [0.5, 0.6) is 0 Å². The summed E-state index contributed by atoms with van der Waals surface area (Å²) in [5, 5.41) is 3.01. The average Bonchev–Trinajstić information content (AvgIpc) is 3.10. The third-order valence-corrected chi connectivity index (χ3v) is 5.48. The van der Waals surface area contributed by atoms with Crippen LogP contribution >= 0.6 is 11.3 Å². The van der Waals surface area contributed by atoms with Crippen LogP contribution < -0.4 is 0 Å². The Morgan fingerprint density at radius 2 is 2.00 bits per heavy atom. The van der Waals surface area contributed by atoms with Crippen LogP contribution in [-0.2, 0) is 13.0 Å². The lowest BCUT2D eigenvalue weighted by molar-refractivity contribution is 0.211. The highest BCUT2D eigenvalue weighted by atomic mass is 32.1. The first kappa shape index (κ1) is 15.4. The van der Waals surface area contributed by atoms with E-state index in [1.165, 1.54) is 30.4 Å². The highest BCUT2D eigenvalue weighted by molar-refractivity contribution is 7.13. The van der Waals surface area contributed by atoms with E-state index in [1.54, 1.807) is 23.7 Å². The van der Waals surface area contributed by atoms with Crippen molar-refractivity contribution in [2.75, 3.05) is 7.05 Å². The molecule has 2 aromatic heterocycles. The van der Waals surface area contributed by atoms with Crippen molar-refractivity contribution in [3.63, 3.8) is 0 Å². The molecule has 0 N–H and O–H groups in total. The molecule has 5 heteroatoms. The number of aryl methyl sites for hydroxylation is 1. The zero-order valence-electron chi connectivity index (χ0n) is 13.7. The molecule has 0 spiro atoms.